The maximum absolute atomic E-state index is 8.72. The quantitative estimate of drug-likeness (QED) is 0.819. The van der Waals surface area contributed by atoms with Gasteiger partial charge in [-0.1, -0.05) is 6.07 Å². The first-order chi connectivity index (χ1) is 7.78. The summed E-state index contributed by atoms with van der Waals surface area (Å²) in [5.74, 6) is 1.22. The van der Waals surface area contributed by atoms with Gasteiger partial charge in [0, 0.05) is 6.07 Å². The van der Waals surface area contributed by atoms with Crippen molar-refractivity contribution in [2.24, 2.45) is 0 Å². The van der Waals surface area contributed by atoms with Crippen LogP contribution in [0.4, 0.5) is 5.82 Å². The number of ether oxygens (including phenoxy) is 1. The summed E-state index contributed by atoms with van der Waals surface area (Å²) < 4.78 is 5.42. The number of nitriles is 1. The third-order valence-electron chi connectivity index (χ3n) is 1.85. The van der Waals surface area contributed by atoms with Gasteiger partial charge in [-0.3, -0.25) is 0 Å². The van der Waals surface area contributed by atoms with Crippen LogP contribution in [-0.2, 0) is 0 Å². The molecule has 1 aromatic heterocycles. The van der Waals surface area contributed by atoms with E-state index in [0.29, 0.717) is 23.0 Å². The summed E-state index contributed by atoms with van der Waals surface area (Å²) >= 11 is 0. The van der Waals surface area contributed by atoms with E-state index in [1.807, 2.05) is 6.07 Å². The van der Waals surface area contributed by atoms with Gasteiger partial charge in [-0.15, -0.1) is 0 Å². The predicted molar refractivity (Wildman–Crippen MR) is 57.7 cm³/mol. The Hall–Kier alpha value is -2.61. The van der Waals surface area contributed by atoms with Crippen molar-refractivity contribution in [2.75, 3.05) is 5.73 Å². The Morgan fingerprint density at radius 2 is 2.12 bits per heavy atom. The number of hydrogen-bond acceptors (Lipinski definition) is 5. The van der Waals surface area contributed by atoms with Gasteiger partial charge in [0.05, 0.1) is 11.6 Å². The minimum absolute atomic E-state index is 0.335. The zero-order valence-electron chi connectivity index (χ0n) is 8.29. The van der Waals surface area contributed by atoms with Gasteiger partial charge < -0.3 is 10.5 Å². The van der Waals surface area contributed by atoms with Crippen LogP contribution >= 0.6 is 0 Å². The largest absolute Gasteiger partial charge is 0.439 e. The Kier molecular flexibility index (Phi) is 2.65. The Morgan fingerprint density at radius 1 is 1.25 bits per heavy atom. The Morgan fingerprint density at radius 3 is 2.88 bits per heavy atom. The van der Waals surface area contributed by atoms with Crippen LogP contribution in [0.2, 0.25) is 0 Å². The molecule has 1 heterocycles. The van der Waals surface area contributed by atoms with Crippen LogP contribution in [0.3, 0.4) is 0 Å². The highest BCUT2D eigenvalue weighted by Crippen LogP contribution is 2.20. The van der Waals surface area contributed by atoms with Crippen molar-refractivity contribution >= 4 is 5.82 Å². The molecule has 2 N–H and O–H groups in total. The van der Waals surface area contributed by atoms with Crippen molar-refractivity contribution in [2.45, 2.75) is 0 Å². The molecule has 5 heteroatoms. The van der Waals surface area contributed by atoms with Gasteiger partial charge in [0.1, 0.15) is 17.9 Å². The Balaban J connectivity index is 2.24. The standard InChI is InChI=1S/C11H8N4O/c12-6-8-2-1-3-9(4-8)16-11-5-10(13)14-7-15-11/h1-5,7H,(H2,13,14,15). The summed E-state index contributed by atoms with van der Waals surface area (Å²) in [7, 11) is 0. The smallest absolute Gasteiger partial charge is 0.224 e. The summed E-state index contributed by atoms with van der Waals surface area (Å²) in [6.07, 6.45) is 1.32. The van der Waals surface area contributed by atoms with Gasteiger partial charge in [0.15, 0.2) is 0 Å². The van der Waals surface area contributed by atoms with E-state index in [4.69, 9.17) is 15.7 Å². The Bertz CT molecular complexity index is 548. The second kappa shape index (κ2) is 4.28. The maximum atomic E-state index is 8.72. The second-order valence-corrected chi connectivity index (χ2v) is 3.02. The lowest BCUT2D eigenvalue weighted by Gasteiger charge is -2.04. The fourth-order valence-electron chi connectivity index (χ4n) is 1.16. The third-order valence-corrected chi connectivity index (χ3v) is 1.85. The number of aromatic nitrogens is 2. The molecule has 78 valence electrons. The van der Waals surface area contributed by atoms with Gasteiger partial charge >= 0.3 is 0 Å². The van der Waals surface area contributed by atoms with E-state index < -0.39 is 0 Å². The SMILES string of the molecule is N#Cc1cccc(Oc2cc(N)ncn2)c1. The number of rotatable bonds is 2. The molecular formula is C11H8N4O. The lowest BCUT2D eigenvalue weighted by molar-refractivity contribution is 0.462. The summed E-state index contributed by atoms with van der Waals surface area (Å²) in [5.41, 5.74) is 6.01. The van der Waals surface area contributed by atoms with Crippen LogP contribution in [0.5, 0.6) is 11.6 Å². The first kappa shape index (κ1) is 9.93. The molecule has 0 fully saturated rings. The molecule has 2 aromatic rings. The molecule has 0 spiro atoms. The van der Waals surface area contributed by atoms with Crippen LogP contribution in [0.25, 0.3) is 0 Å². The number of nitrogen functional groups attached to an aromatic ring is 1. The first-order valence-corrected chi connectivity index (χ1v) is 4.53. The molecule has 0 saturated carbocycles. The molecule has 5 nitrogen and oxygen atoms in total. The van der Waals surface area contributed by atoms with E-state index in [1.54, 1.807) is 24.3 Å². The zero-order valence-corrected chi connectivity index (χ0v) is 8.29. The summed E-state index contributed by atoms with van der Waals surface area (Å²) in [6, 6.07) is 10.3. The maximum Gasteiger partial charge on any atom is 0.224 e. The molecule has 2 rings (SSSR count). The molecule has 0 unspecified atom stereocenters. The zero-order chi connectivity index (χ0) is 11.4. The topological polar surface area (TPSA) is 84.8 Å². The van der Waals surface area contributed by atoms with Crippen molar-refractivity contribution in [1.82, 2.24) is 9.97 Å². The molecule has 0 radical (unpaired) electrons. The van der Waals surface area contributed by atoms with Crippen LogP contribution in [0.15, 0.2) is 36.7 Å². The van der Waals surface area contributed by atoms with Crippen LogP contribution < -0.4 is 10.5 Å². The van der Waals surface area contributed by atoms with Gasteiger partial charge in [0.2, 0.25) is 5.88 Å². The van der Waals surface area contributed by atoms with Crippen LogP contribution in [-0.4, -0.2) is 9.97 Å². The normalized spacial score (nSPS) is 9.44. The molecule has 0 bridgehead atoms. The van der Waals surface area contributed by atoms with Crippen molar-refractivity contribution in [3.63, 3.8) is 0 Å². The second-order valence-electron chi connectivity index (χ2n) is 3.02. The molecule has 0 saturated heterocycles. The molecule has 0 aliphatic rings. The molecule has 0 atom stereocenters. The van der Waals surface area contributed by atoms with Crippen LogP contribution in [0.1, 0.15) is 5.56 Å². The number of anilines is 1. The van der Waals surface area contributed by atoms with E-state index >= 15 is 0 Å². The molecule has 1 aromatic carbocycles. The van der Waals surface area contributed by atoms with Crippen molar-refractivity contribution < 1.29 is 4.74 Å². The van der Waals surface area contributed by atoms with Gasteiger partial charge in [0.25, 0.3) is 0 Å². The van der Waals surface area contributed by atoms with E-state index in [2.05, 4.69) is 9.97 Å². The molecule has 0 aliphatic heterocycles. The average molecular weight is 212 g/mol. The third kappa shape index (κ3) is 2.25. The number of nitrogens with zero attached hydrogens (tertiary/aromatic N) is 3. The molecule has 16 heavy (non-hydrogen) atoms. The molecule has 0 amide bonds. The fraction of sp³-hybridized carbons (Fsp3) is 0. The van der Waals surface area contributed by atoms with Crippen molar-refractivity contribution in [3.8, 4) is 17.7 Å². The lowest BCUT2D eigenvalue weighted by atomic mass is 10.2. The fourth-order valence-corrected chi connectivity index (χ4v) is 1.16. The van der Waals surface area contributed by atoms with Crippen molar-refractivity contribution in [1.29, 1.82) is 5.26 Å². The monoisotopic (exact) mass is 212 g/mol. The van der Waals surface area contributed by atoms with Gasteiger partial charge in [-0.2, -0.15) is 5.26 Å². The average Bonchev–Trinajstić information content (AvgIpc) is 2.29. The highest BCUT2D eigenvalue weighted by atomic mass is 16.5. The predicted octanol–water partition coefficient (Wildman–Crippen LogP) is 1.72. The molecular weight excluding hydrogens is 204 g/mol. The first-order valence-electron chi connectivity index (χ1n) is 4.53. The highest BCUT2D eigenvalue weighted by Gasteiger charge is 2.00. The highest BCUT2D eigenvalue weighted by molar-refractivity contribution is 5.39. The minimum atomic E-state index is 0.335. The van der Waals surface area contributed by atoms with E-state index in [0.717, 1.165) is 0 Å². The van der Waals surface area contributed by atoms with E-state index in [-0.39, 0.29) is 0 Å². The van der Waals surface area contributed by atoms with Gasteiger partial charge in [-0.05, 0) is 18.2 Å². The number of nitrogens with two attached hydrogens (primary N) is 1. The molecule has 0 aliphatic carbocycles. The summed E-state index contributed by atoms with van der Waals surface area (Å²) in [4.78, 5) is 7.64. The van der Waals surface area contributed by atoms with Crippen molar-refractivity contribution in [3.05, 3.63) is 42.2 Å². The Labute approximate surface area is 92.1 Å². The van der Waals surface area contributed by atoms with Crippen LogP contribution in [0, 0.1) is 11.3 Å². The number of benzene rings is 1. The summed E-state index contributed by atoms with van der Waals surface area (Å²) in [5, 5.41) is 8.72. The number of hydrogen-bond donors (Lipinski definition) is 1. The van der Waals surface area contributed by atoms with E-state index in [1.165, 1.54) is 12.4 Å². The minimum Gasteiger partial charge on any atom is -0.439 e. The lowest BCUT2D eigenvalue weighted by Crippen LogP contribution is -1.93. The van der Waals surface area contributed by atoms with Gasteiger partial charge in [-0.25, -0.2) is 9.97 Å². The summed E-state index contributed by atoms with van der Waals surface area (Å²) in [6.45, 7) is 0. The van der Waals surface area contributed by atoms with E-state index in [9.17, 15) is 0 Å².